The van der Waals surface area contributed by atoms with E-state index in [0.717, 1.165) is 15.3 Å². The largest absolute Gasteiger partial charge is 0.269 e. The normalized spacial score (nSPS) is 11.7. The smallest absolute Gasteiger partial charge is 0.268 e. The van der Waals surface area contributed by atoms with E-state index in [9.17, 15) is 4.79 Å². The first kappa shape index (κ1) is 9.53. The fourth-order valence-electron chi connectivity index (χ4n) is 1.85. The Bertz CT molecular complexity index is 764. The Morgan fingerprint density at radius 3 is 2.81 bits per heavy atom. The first-order valence-electron chi connectivity index (χ1n) is 4.93. The molecule has 0 aliphatic carbocycles. The highest BCUT2D eigenvalue weighted by molar-refractivity contribution is 7.18. The van der Waals surface area contributed by atoms with Crippen molar-refractivity contribution >= 4 is 27.3 Å². The molecular formula is C10H10N4OS. The van der Waals surface area contributed by atoms with E-state index in [4.69, 9.17) is 0 Å². The van der Waals surface area contributed by atoms with E-state index in [1.165, 1.54) is 4.40 Å². The minimum atomic E-state index is -0.0342. The van der Waals surface area contributed by atoms with Crippen LogP contribution in [0.2, 0.25) is 0 Å². The molecule has 0 amide bonds. The molecule has 0 atom stereocenters. The van der Waals surface area contributed by atoms with Crippen molar-refractivity contribution in [2.45, 2.75) is 20.8 Å². The van der Waals surface area contributed by atoms with Gasteiger partial charge in [0.25, 0.3) is 5.56 Å². The van der Waals surface area contributed by atoms with Gasteiger partial charge in [0.1, 0.15) is 10.7 Å². The van der Waals surface area contributed by atoms with Gasteiger partial charge in [-0.25, -0.2) is 14.5 Å². The molecule has 82 valence electrons. The number of hydrogen-bond acceptors (Lipinski definition) is 4. The fourth-order valence-corrected chi connectivity index (χ4v) is 2.87. The summed E-state index contributed by atoms with van der Waals surface area (Å²) in [6.07, 6.45) is 0. The van der Waals surface area contributed by atoms with Gasteiger partial charge in [-0.05, 0) is 26.3 Å². The number of aryl methyl sites for hydroxylation is 3. The summed E-state index contributed by atoms with van der Waals surface area (Å²) in [6, 6.07) is 0. The monoisotopic (exact) mass is 234 g/mol. The molecule has 0 saturated carbocycles. The number of H-pyrrole nitrogens is 1. The molecule has 0 aliphatic heterocycles. The minimum Gasteiger partial charge on any atom is -0.268 e. The summed E-state index contributed by atoms with van der Waals surface area (Å²) >= 11 is 1.54. The number of nitrogens with one attached hydrogen (secondary N) is 1. The maximum Gasteiger partial charge on any atom is 0.269 e. The van der Waals surface area contributed by atoms with Crippen molar-refractivity contribution in [2.24, 2.45) is 0 Å². The third-order valence-corrected chi connectivity index (χ3v) is 3.95. The van der Waals surface area contributed by atoms with Gasteiger partial charge >= 0.3 is 0 Å². The van der Waals surface area contributed by atoms with Crippen LogP contribution >= 0.6 is 11.3 Å². The van der Waals surface area contributed by atoms with E-state index < -0.39 is 0 Å². The number of rotatable bonds is 0. The van der Waals surface area contributed by atoms with Crippen molar-refractivity contribution in [3.63, 3.8) is 0 Å². The number of hydrogen-bond donors (Lipinski definition) is 1. The van der Waals surface area contributed by atoms with Crippen LogP contribution in [0.15, 0.2) is 4.79 Å². The van der Waals surface area contributed by atoms with Gasteiger partial charge in [-0.2, -0.15) is 5.10 Å². The Kier molecular flexibility index (Phi) is 1.74. The van der Waals surface area contributed by atoms with Gasteiger partial charge in [0.05, 0.1) is 5.39 Å². The van der Waals surface area contributed by atoms with Crippen molar-refractivity contribution in [1.82, 2.24) is 19.6 Å². The van der Waals surface area contributed by atoms with Crippen molar-refractivity contribution < 1.29 is 0 Å². The Morgan fingerprint density at radius 2 is 2.06 bits per heavy atom. The highest BCUT2D eigenvalue weighted by Gasteiger charge is 2.14. The van der Waals surface area contributed by atoms with E-state index in [-0.39, 0.29) is 5.56 Å². The molecule has 16 heavy (non-hydrogen) atoms. The van der Waals surface area contributed by atoms with E-state index in [1.807, 2.05) is 13.8 Å². The van der Waals surface area contributed by atoms with E-state index in [2.05, 4.69) is 15.2 Å². The zero-order valence-corrected chi connectivity index (χ0v) is 9.97. The Labute approximate surface area is 94.8 Å². The Morgan fingerprint density at radius 1 is 1.31 bits per heavy atom. The molecule has 3 aromatic heterocycles. The van der Waals surface area contributed by atoms with Gasteiger partial charge < -0.3 is 0 Å². The van der Waals surface area contributed by atoms with Crippen LogP contribution in [0.4, 0.5) is 0 Å². The van der Waals surface area contributed by atoms with Crippen molar-refractivity contribution in [2.75, 3.05) is 0 Å². The topological polar surface area (TPSA) is 63.1 Å². The lowest BCUT2D eigenvalue weighted by Gasteiger charge is -1.94. The van der Waals surface area contributed by atoms with Crippen LogP contribution in [0.3, 0.4) is 0 Å². The zero-order chi connectivity index (χ0) is 11.4. The number of nitrogens with zero attached hydrogens (tertiary/aromatic N) is 3. The van der Waals surface area contributed by atoms with Crippen LogP contribution in [0.5, 0.6) is 0 Å². The van der Waals surface area contributed by atoms with Crippen molar-refractivity contribution in [3.05, 3.63) is 26.6 Å². The average Bonchev–Trinajstić information content (AvgIpc) is 2.71. The van der Waals surface area contributed by atoms with Crippen molar-refractivity contribution in [1.29, 1.82) is 0 Å². The molecular weight excluding hydrogens is 224 g/mol. The van der Waals surface area contributed by atoms with E-state index in [0.29, 0.717) is 17.0 Å². The second-order valence-electron chi connectivity index (χ2n) is 3.81. The van der Waals surface area contributed by atoms with Crippen LogP contribution in [0.1, 0.15) is 16.3 Å². The lowest BCUT2D eigenvalue weighted by Crippen LogP contribution is -2.15. The number of aromatic nitrogens is 4. The lowest BCUT2D eigenvalue weighted by molar-refractivity contribution is 0.986. The Balaban J connectivity index is 2.69. The van der Waals surface area contributed by atoms with Gasteiger partial charge in [-0.15, -0.1) is 11.3 Å². The van der Waals surface area contributed by atoms with Crippen LogP contribution in [0, 0.1) is 20.8 Å². The molecule has 3 rings (SSSR count). The van der Waals surface area contributed by atoms with Crippen molar-refractivity contribution in [3.8, 4) is 0 Å². The zero-order valence-electron chi connectivity index (χ0n) is 9.16. The third kappa shape index (κ3) is 1.02. The number of fused-ring (bicyclic) bond motifs is 2. The minimum absolute atomic E-state index is 0.0342. The SMILES string of the molecule is Cc1sc2nc3[nH]nc(C)n3c(=O)c2c1C. The van der Waals surface area contributed by atoms with Crippen LogP contribution < -0.4 is 5.56 Å². The first-order valence-corrected chi connectivity index (χ1v) is 5.74. The fraction of sp³-hybridized carbons (Fsp3) is 0.300. The molecule has 0 aliphatic rings. The molecule has 3 aromatic rings. The lowest BCUT2D eigenvalue weighted by atomic mass is 10.2. The summed E-state index contributed by atoms with van der Waals surface area (Å²) in [6.45, 7) is 5.75. The van der Waals surface area contributed by atoms with Gasteiger partial charge in [0.2, 0.25) is 5.78 Å². The molecule has 0 spiro atoms. The molecule has 0 radical (unpaired) electrons. The molecule has 6 heteroatoms. The maximum absolute atomic E-state index is 12.3. The van der Waals surface area contributed by atoms with Gasteiger partial charge in [-0.3, -0.25) is 4.79 Å². The summed E-state index contributed by atoms with van der Waals surface area (Å²) in [5, 5.41) is 7.46. The van der Waals surface area contributed by atoms with Crippen LogP contribution in [-0.4, -0.2) is 19.6 Å². The predicted octanol–water partition coefficient (Wildman–Crippen LogP) is 1.56. The van der Waals surface area contributed by atoms with Gasteiger partial charge in [-0.1, -0.05) is 0 Å². The highest BCUT2D eigenvalue weighted by Crippen LogP contribution is 2.26. The molecule has 0 unspecified atom stereocenters. The van der Waals surface area contributed by atoms with Gasteiger partial charge in [0, 0.05) is 4.88 Å². The summed E-state index contributed by atoms with van der Waals surface area (Å²) in [4.78, 5) is 18.6. The summed E-state index contributed by atoms with van der Waals surface area (Å²) in [5.41, 5.74) is 0.987. The molecule has 0 aromatic carbocycles. The summed E-state index contributed by atoms with van der Waals surface area (Å²) in [5.74, 6) is 1.15. The maximum atomic E-state index is 12.3. The standard InChI is InChI=1S/C10H10N4OS/c1-4-5(2)16-8-7(4)9(15)14-6(3)12-13-10(14)11-8/h1-3H3,(H,11,13). The number of thiophene rings is 1. The highest BCUT2D eigenvalue weighted by atomic mass is 32.1. The van der Waals surface area contributed by atoms with Crippen LogP contribution in [0.25, 0.3) is 16.0 Å². The second kappa shape index (κ2) is 2.91. The Hall–Kier alpha value is -1.69. The predicted molar refractivity (Wildman–Crippen MR) is 63.2 cm³/mol. The molecule has 0 fully saturated rings. The summed E-state index contributed by atoms with van der Waals surface area (Å²) < 4.78 is 1.52. The molecule has 5 nitrogen and oxygen atoms in total. The average molecular weight is 234 g/mol. The molecule has 0 saturated heterocycles. The number of aromatic amines is 1. The van der Waals surface area contributed by atoms with E-state index in [1.54, 1.807) is 18.3 Å². The molecule has 0 bridgehead atoms. The van der Waals surface area contributed by atoms with Gasteiger partial charge in [0.15, 0.2) is 0 Å². The summed E-state index contributed by atoms with van der Waals surface area (Å²) in [7, 11) is 0. The second-order valence-corrected chi connectivity index (χ2v) is 5.01. The molecule has 3 heterocycles. The third-order valence-electron chi connectivity index (χ3n) is 2.84. The van der Waals surface area contributed by atoms with E-state index >= 15 is 0 Å². The first-order chi connectivity index (χ1) is 7.59. The molecule has 1 N–H and O–H groups in total. The quantitative estimate of drug-likeness (QED) is 0.642. The van der Waals surface area contributed by atoms with Crippen LogP contribution in [-0.2, 0) is 0 Å².